The summed E-state index contributed by atoms with van der Waals surface area (Å²) in [6.07, 6.45) is 0. The van der Waals surface area contributed by atoms with Crippen molar-refractivity contribution in [2.24, 2.45) is 0 Å². The molecule has 0 fully saturated rings. The molecule has 5 heteroatoms. The molecule has 0 aliphatic rings. The van der Waals surface area contributed by atoms with Crippen molar-refractivity contribution >= 4 is 17.3 Å². The zero-order valence-electron chi connectivity index (χ0n) is 9.59. The number of ether oxygens (including phenoxy) is 1. The first-order valence-corrected chi connectivity index (χ1v) is 5.62. The minimum absolute atomic E-state index is 0.150. The maximum absolute atomic E-state index is 10.9. The van der Waals surface area contributed by atoms with E-state index in [9.17, 15) is 10.1 Å². The highest BCUT2D eigenvalue weighted by molar-refractivity contribution is 6.30. The Labute approximate surface area is 109 Å². The van der Waals surface area contributed by atoms with E-state index in [0.29, 0.717) is 10.8 Å². The molecule has 0 spiro atoms. The lowest BCUT2D eigenvalue weighted by molar-refractivity contribution is -0.385. The Morgan fingerprint density at radius 2 is 1.83 bits per heavy atom. The van der Waals surface area contributed by atoms with E-state index in [0.717, 1.165) is 5.56 Å². The molecule has 0 amide bonds. The van der Waals surface area contributed by atoms with Gasteiger partial charge in [-0.3, -0.25) is 10.1 Å². The normalized spacial score (nSPS) is 10.1. The Morgan fingerprint density at radius 3 is 2.44 bits per heavy atom. The minimum atomic E-state index is -0.518. The van der Waals surface area contributed by atoms with Gasteiger partial charge in [-0.1, -0.05) is 29.3 Å². The molecule has 0 saturated carbocycles. The van der Waals surface area contributed by atoms with Gasteiger partial charge in [-0.05, 0) is 31.2 Å². The number of rotatable bonds is 3. The van der Waals surface area contributed by atoms with Gasteiger partial charge in [-0.25, -0.2) is 0 Å². The highest BCUT2D eigenvalue weighted by Gasteiger charge is 2.16. The topological polar surface area (TPSA) is 52.4 Å². The predicted molar refractivity (Wildman–Crippen MR) is 69.4 cm³/mol. The number of benzene rings is 2. The van der Waals surface area contributed by atoms with Gasteiger partial charge in [0.05, 0.1) is 4.92 Å². The molecule has 0 aromatic heterocycles. The van der Waals surface area contributed by atoms with E-state index < -0.39 is 4.92 Å². The highest BCUT2D eigenvalue weighted by Crippen LogP contribution is 2.33. The molecule has 0 saturated heterocycles. The molecule has 92 valence electrons. The second-order valence-corrected chi connectivity index (χ2v) is 4.22. The third-order valence-corrected chi connectivity index (χ3v) is 2.60. The second kappa shape index (κ2) is 5.06. The Hall–Kier alpha value is -2.07. The van der Waals surface area contributed by atoms with Crippen molar-refractivity contribution in [1.29, 1.82) is 0 Å². The number of hydrogen-bond acceptors (Lipinski definition) is 3. The summed E-state index contributed by atoms with van der Waals surface area (Å²) in [4.78, 5) is 10.4. The molecule has 0 atom stereocenters. The monoisotopic (exact) mass is 263 g/mol. The van der Waals surface area contributed by atoms with E-state index >= 15 is 0 Å². The van der Waals surface area contributed by atoms with Gasteiger partial charge in [0.25, 0.3) is 0 Å². The lowest BCUT2D eigenvalue weighted by Gasteiger charge is -2.06. The van der Waals surface area contributed by atoms with Crippen LogP contribution in [0, 0.1) is 17.0 Å². The van der Waals surface area contributed by atoms with Crippen LogP contribution in [0.4, 0.5) is 5.69 Å². The van der Waals surface area contributed by atoms with Crippen molar-refractivity contribution in [1.82, 2.24) is 0 Å². The second-order valence-electron chi connectivity index (χ2n) is 3.78. The van der Waals surface area contributed by atoms with Crippen LogP contribution in [0.25, 0.3) is 0 Å². The predicted octanol–water partition coefficient (Wildman–Crippen LogP) is 4.35. The summed E-state index contributed by atoms with van der Waals surface area (Å²) >= 11 is 5.72. The van der Waals surface area contributed by atoms with Crippen molar-refractivity contribution in [3.63, 3.8) is 0 Å². The number of nitro groups is 1. The van der Waals surface area contributed by atoms with Gasteiger partial charge in [0, 0.05) is 11.1 Å². The Morgan fingerprint density at radius 1 is 1.17 bits per heavy atom. The van der Waals surface area contributed by atoms with E-state index in [1.165, 1.54) is 12.1 Å². The third kappa shape index (κ3) is 2.78. The standard InChI is InChI=1S/C13H10ClNO3/c1-9-2-5-11(6-3-9)18-13-7-4-10(14)8-12(13)15(16)17/h2-8H,1H3. The number of aryl methyl sites for hydroxylation is 1. The molecule has 0 unspecified atom stereocenters. The molecule has 0 heterocycles. The molecule has 2 aromatic rings. The number of halogens is 1. The van der Waals surface area contributed by atoms with Crippen LogP contribution >= 0.6 is 11.6 Å². The Balaban J connectivity index is 2.34. The van der Waals surface area contributed by atoms with Gasteiger partial charge in [-0.2, -0.15) is 0 Å². The number of nitrogens with zero attached hydrogens (tertiary/aromatic N) is 1. The van der Waals surface area contributed by atoms with Crippen LogP contribution in [-0.4, -0.2) is 4.92 Å². The Kier molecular flexibility index (Phi) is 3.48. The Bertz CT molecular complexity index is 581. The van der Waals surface area contributed by atoms with Crippen LogP contribution in [0.1, 0.15) is 5.56 Å². The van der Waals surface area contributed by atoms with E-state index in [1.54, 1.807) is 18.2 Å². The first kappa shape index (κ1) is 12.4. The molecule has 0 N–H and O–H groups in total. The van der Waals surface area contributed by atoms with Gasteiger partial charge >= 0.3 is 5.69 Å². The minimum Gasteiger partial charge on any atom is -0.450 e. The first-order chi connectivity index (χ1) is 8.56. The van der Waals surface area contributed by atoms with Crippen LogP contribution < -0.4 is 4.74 Å². The van der Waals surface area contributed by atoms with Crippen LogP contribution in [0.2, 0.25) is 5.02 Å². The van der Waals surface area contributed by atoms with Crippen molar-refractivity contribution in [3.05, 3.63) is 63.2 Å². The van der Waals surface area contributed by atoms with Crippen molar-refractivity contribution in [3.8, 4) is 11.5 Å². The van der Waals surface area contributed by atoms with E-state index in [-0.39, 0.29) is 11.4 Å². The maximum Gasteiger partial charge on any atom is 0.313 e. The SMILES string of the molecule is Cc1ccc(Oc2ccc(Cl)cc2[N+](=O)[O-])cc1. The molecule has 18 heavy (non-hydrogen) atoms. The summed E-state index contributed by atoms with van der Waals surface area (Å²) in [6.45, 7) is 1.95. The quantitative estimate of drug-likeness (QED) is 0.611. The molecule has 4 nitrogen and oxygen atoms in total. The van der Waals surface area contributed by atoms with Gasteiger partial charge in [0.15, 0.2) is 0 Å². The molecule has 0 radical (unpaired) electrons. The van der Waals surface area contributed by atoms with E-state index in [2.05, 4.69) is 0 Å². The maximum atomic E-state index is 10.9. The van der Waals surface area contributed by atoms with Gasteiger partial charge in [-0.15, -0.1) is 0 Å². The summed E-state index contributed by atoms with van der Waals surface area (Å²) in [5, 5.41) is 11.2. The summed E-state index contributed by atoms with van der Waals surface area (Å²) in [6, 6.07) is 11.6. The summed E-state index contributed by atoms with van der Waals surface area (Å²) in [7, 11) is 0. The molecular formula is C13H10ClNO3. The van der Waals surface area contributed by atoms with E-state index in [1.807, 2.05) is 19.1 Å². The number of nitro benzene ring substituents is 1. The summed E-state index contributed by atoms with van der Waals surface area (Å²) in [5.41, 5.74) is 0.941. The van der Waals surface area contributed by atoms with Crippen LogP contribution in [0.5, 0.6) is 11.5 Å². The molecule has 0 aliphatic carbocycles. The van der Waals surface area contributed by atoms with Gasteiger partial charge in [0.2, 0.25) is 5.75 Å². The van der Waals surface area contributed by atoms with Crippen molar-refractivity contribution in [2.45, 2.75) is 6.92 Å². The summed E-state index contributed by atoms with van der Waals surface area (Å²) in [5.74, 6) is 0.722. The fraction of sp³-hybridized carbons (Fsp3) is 0.0769. The van der Waals surface area contributed by atoms with Crippen molar-refractivity contribution in [2.75, 3.05) is 0 Å². The zero-order valence-corrected chi connectivity index (χ0v) is 10.3. The zero-order chi connectivity index (χ0) is 13.1. The van der Waals surface area contributed by atoms with Crippen molar-refractivity contribution < 1.29 is 9.66 Å². The van der Waals surface area contributed by atoms with E-state index in [4.69, 9.17) is 16.3 Å². The van der Waals surface area contributed by atoms with Crippen LogP contribution in [-0.2, 0) is 0 Å². The largest absolute Gasteiger partial charge is 0.450 e. The third-order valence-electron chi connectivity index (χ3n) is 2.37. The van der Waals surface area contributed by atoms with Gasteiger partial charge in [0.1, 0.15) is 5.75 Å². The smallest absolute Gasteiger partial charge is 0.313 e. The average Bonchev–Trinajstić information content (AvgIpc) is 2.34. The molecule has 2 aromatic carbocycles. The lowest BCUT2D eigenvalue weighted by atomic mass is 10.2. The molecule has 0 bridgehead atoms. The number of hydrogen-bond donors (Lipinski definition) is 0. The van der Waals surface area contributed by atoms with Crippen LogP contribution in [0.15, 0.2) is 42.5 Å². The fourth-order valence-electron chi connectivity index (χ4n) is 1.45. The van der Waals surface area contributed by atoms with Gasteiger partial charge < -0.3 is 4.74 Å². The molecular weight excluding hydrogens is 254 g/mol. The van der Waals surface area contributed by atoms with Crippen LogP contribution in [0.3, 0.4) is 0 Å². The first-order valence-electron chi connectivity index (χ1n) is 5.25. The molecule has 2 rings (SSSR count). The lowest BCUT2D eigenvalue weighted by Crippen LogP contribution is -1.93. The summed E-state index contributed by atoms with van der Waals surface area (Å²) < 4.78 is 5.48. The average molecular weight is 264 g/mol. The highest BCUT2D eigenvalue weighted by atomic mass is 35.5. The fourth-order valence-corrected chi connectivity index (χ4v) is 1.62. The molecule has 0 aliphatic heterocycles.